The number of allylic oxidation sites excluding steroid dienone is 1. The second kappa shape index (κ2) is 27.3. The van der Waals surface area contributed by atoms with Gasteiger partial charge in [-0.05, 0) is 18.9 Å². The Hall–Kier alpha value is -1.89. The van der Waals surface area contributed by atoms with Gasteiger partial charge in [-0.1, -0.05) is 129 Å². The van der Waals surface area contributed by atoms with Gasteiger partial charge in [-0.2, -0.15) is 0 Å². The van der Waals surface area contributed by atoms with E-state index in [1.165, 1.54) is 116 Å². The Morgan fingerprint density at radius 3 is 1.02 bits per heavy atom. The van der Waals surface area contributed by atoms with Crippen molar-refractivity contribution in [3.63, 3.8) is 0 Å². The van der Waals surface area contributed by atoms with E-state index in [-0.39, 0.29) is 43.4 Å². The van der Waals surface area contributed by atoms with Crippen molar-refractivity contribution in [2.75, 3.05) is 19.6 Å². The number of hydrogen-bond donors (Lipinski definition) is 3. The smallest absolute Gasteiger partial charge is 0.309 e. The fourth-order valence-corrected chi connectivity index (χ4v) is 5.33. The molecule has 0 aliphatic carbocycles. The van der Waals surface area contributed by atoms with Gasteiger partial charge in [0.2, 0.25) is 0 Å². The highest BCUT2D eigenvalue weighted by molar-refractivity contribution is 5.67. The van der Waals surface area contributed by atoms with Crippen molar-refractivity contribution in [3.05, 3.63) is 12.3 Å². The lowest BCUT2D eigenvalue weighted by Crippen LogP contribution is -2.47. The lowest BCUT2D eigenvalue weighted by Gasteiger charge is -2.34. The molecule has 0 saturated heterocycles. The van der Waals surface area contributed by atoms with Crippen LogP contribution in [0.2, 0.25) is 0 Å². The molecule has 0 aromatic rings. The third kappa shape index (κ3) is 26.3. The Balaban J connectivity index is 3.87. The highest BCUT2D eigenvalue weighted by Crippen LogP contribution is 2.17. The monoisotopic (exact) mass is 568 g/mol. The topological polar surface area (TPSA) is 112 Å². The first-order chi connectivity index (χ1) is 19.3. The number of carboxylic acids is 3. The van der Waals surface area contributed by atoms with Crippen LogP contribution in [0.25, 0.3) is 0 Å². The SMILES string of the molecule is CCCCCCCCCCCCCCCCCCCCCC/C=C/[N+](CCC(=O)O)(CCC(=O)O)CCC(=O)O. The van der Waals surface area contributed by atoms with Crippen molar-refractivity contribution in [1.29, 1.82) is 0 Å². The standard InChI is InChI=1S/C33H61NO6/c1-2-3-4-5-6-7-8-9-10-11-12-13-14-15-16-17-18-19-20-21-22-23-27-34(28-24-31(35)36,29-25-32(37)38)30-26-33(39)40/h23,27H,2-22,24-26,28-30H2,1H3,(H2-,35,36,37,38,39,40)/p+1/b27-23+. The second-order valence-electron chi connectivity index (χ2n) is 11.7. The van der Waals surface area contributed by atoms with Crippen molar-refractivity contribution < 1.29 is 34.2 Å². The molecule has 0 fully saturated rings. The number of nitrogens with zero attached hydrogens (tertiary/aromatic N) is 1. The zero-order chi connectivity index (χ0) is 29.7. The molecule has 0 radical (unpaired) electrons. The summed E-state index contributed by atoms with van der Waals surface area (Å²) in [6.45, 7) is 2.87. The van der Waals surface area contributed by atoms with Gasteiger partial charge in [-0.3, -0.25) is 18.9 Å². The van der Waals surface area contributed by atoms with Crippen LogP contribution in [0.15, 0.2) is 12.3 Å². The van der Waals surface area contributed by atoms with Crippen molar-refractivity contribution in [3.8, 4) is 0 Å². The minimum Gasteiger partial charge on any atom is -0.481 e. The predicted molar refractivity (Wildman–Crippen MR) is 163 cm³/mol. The molecule has 7 nitrogen and oxygen atoms in total. The molecule has 0 heterocycles. The summed E-state index contributed by atoms with van der Waals surface area (Å²) in [7, 11) is 0. The van der Waals surface area contributed by atoms with Crippen molar-refractivity contribution >= 4 is 17.9 Å². The fraction of sp³-hybridized carbons (Fsp3) is 0.848. The van der Waals surface area contributed by atoms with Crippen LogP contribution in [0.3, 0.4) is 0 Å². The number of quaternary nitrogens is 1. The Kier molecular flexibility index (Phi) is 26.0. The molecular weight excluding hydrogens is 506 g/mol. The Bertz CT molecular complexity index is 618. The first kappa shape index (κ1) is 38.1. The lowest BCUT2D eigenvalue weighted by atomic mass is 10.0. The summed E-state index contributed by atoms with van der Waals surface area (Å²) in [5.41, 5.74) is 0. The summed E-state index contributed by atoms with van der Waals surface area (Å²) in [5, 5.41) is 27.3. The molecular formula is C33H62NO6+. The van der Waals surface area contributed by atoms with Crippen molar-refractivity contribution in [1.82, 2.24) is 0 Å². The highest BCUT2D eigenvalue weighted by Gasteiger charge is 2.27. The van der Waals surface area contributed by atoms with E-state index in [1.54, 1.807) is 0 Å². The summed E-state index contributed by atoms with van der Waals surface area (Å²) >= 11 is 0. The number of rotatable bonds is 31. The van der Waals surface area contributed by atoms with E-state index in [0.717, 1.165) is 19.3 Å². The largest absolute Gasteiger partial charge is 0.481 e. The highest BCUT2D eigenvalue weighted by atomic mass is 16.4. The van der Waals surface area contributed by atoms with Crippen molar-refractivity contribution in [2.24, 2.45) is 0 Å². The molecule has 0 atom stereocenters. The average Bonchev–Trinajstić information content (AvgIpc) is 2.92. The summed E-state index contributed by atoms with van der Waals surface area (Å²) in [4.78, 5) is 33.4. The predicted octanol–water partition coefficient (Wildman–Crippen LogP) is 8.95. The van der Waals surface area contributed by atoms with Gasteiger partial charge in [0.15, 0.2) is 0 Å². The zero-order valence-corrected chi connectivity index (χ0v) is 25.8. The molecule has 0 aromatic heterocycles. The summed E-state index contributed by atoms with van der Waals surface area (Å²) in [5.74, 6) is -2.89. The maximum Gasteiger partial charge on any atom is 0.309 e. The fourth-order valence-electron chi connectivity index (χ4n) is 5.33. The molecule has 0 bridgehead atoms. The number of carbonyl (C=O) groups is 3. The Labute approximate surface area is 245 Å². The summed E-state index contributed by atoms with van der Waals surface area (Å²) < 4.78 is 0.0874. The van der Waals surface area contributed by atoms with E-state index in [4.69, 9.17) is 15.3 Å². The van der Waals surface area contributed by atoms with Gasteiger partial charge in [-0.25, -0.2) is 0 Å². The van der Waals surface area contributed by atoms with Crippen LogP contribution < -0.4 is 0 Å². The van der Waals surface area contributed by atoms with E-state index < -0.39 is 17.9 Å². The first-order valence-corrected chi connectivity index (χ1v) is 16.5. The van der Waals surface area contributed by atoms with Crippen LogP contribution in [0, 0.1) is 0 Å². The molecule has 7 heteroatoms. The molecule has 3 N–H and O–H groups in total. The van der Waals surface area contributed by atoms with Gasteiger partial charge in [0.25, 0.3) is 0 Å². The maximum atomic E-state index is 11.1. The quantitative estimate of drug-likeness (QED) is 0.0568. The molecule has 0 saturated carbocycles. The molecule has 0 aromatic carbocycles. The number of hydrogen-bond acceptors (Lipinski definition) is 3. The van der Waals surface area contributed by atoms with Crippen LogP contribution in [0.5, 0.6) is 0 Å². The van der Waals surface area contributed by atoms with Crippen LogP contribution >= 0.6 is 0 Å². The summed E-state index contributed by atoms with van der Waals surface area (Å²) in [6, 6.07) is 0. The van der Waals surface area contributed by atoms with E-state index in [0.29, 0.717) is 0 Å². The van der Waals surface area contributed by atoms with E-state index in [1.807, 2.05) is 12.3 Å². The normalized spacial score (nSPS) is 11.8. The molecule has 0 amide bonds. The molecule has 0 spiro atoms. The number of carboxylic acid groups (broad SMARTS) is 3. The van der Waals surface area contributed by atoms with Gasteiger partial charge < -0.3 is 15.3 Å². The molecule has 0 rings (SSSR count). The van der Waals surface area contributed by atoms with Crippen LogP contribution in [-0.2, 0) is 14.4 Å². The van der Waals surface area contributed by atoms with Crippen LogP contribution in [0.1, 0.15) is 161 Å². The third-order valence-corrected chi connectivity index (χ3v) is 7.96. The van der Waals surface area contributed by atoms with Crippen LogP contribution in [-0.4, -0.2) is 57.3 Å². The minimum atomic E-state index is -0.962. The Morgan fingerprint density at radius 1 is 0.475 bits per heavy atom. The number of aliphatic carboxylic acids is 3. The molecule has 0 unspecified atom stereocenters. The molecule has 40 heavy (non-hydrogen) atoms. The maximum absolute atomic E-state index is 11.1. The lowest BCUT2D eigenvalue weighted by molar-refractivity contribution is -0.878. The van der Waals surface area contributed by atoms with E-state index in [9.17, 15) is 14.4 Å². The minimum absolute atomic E-state index is 0.0874. The van der Waals surface area contributed by atoms with E-state index in [2.05, 4.69) is 6.92 Å². The van der Waals surface area contributed by atoms with Crippen molar-refractivity contribution in [2.45, 2.75) is 161 Å². The zero-order valence-electron chi connectivity index (χ0n) is 25.8. The molecule has 0 aliphatic rings. The summed E-state index contributed by atoms with van der Waals surface area (Å²) in [6.07, 6.45) is 31.2. The van der Waals surface area contributed by atoms with Gasteiger partial charge in [0.05, 0.1) is 45.1 Å². The number of unbranched alkanes of at least 4 members (excludes halogenated alkanes) is 20. The van der Waals surface area contributed by atoms with Gasteiger partial charge in [0, 0.05) is 0 Å². The van der Waals surface area contributed by atoms with Gasteiger partial charge >= 0.3 is 17.9 Å². The second-order valence-corrected chi connectivity index (χ2v) is 11.7. The third-order valence-electron chi connectivity index (χ3n) is 7.96. The van der Waals surface area contributed by atoms with E-state index >= 15 is 0 Å². The molecule has 234 valence electrons. The van der Waals surface area contributed by atoms with Crippen LogP contribution in [0.4, 0.5) is 0 Å². The Morgan fingerprint density at radius 2 is 0.750 bits per heavy atom. The van der Waals surface area contributed by atoms with Gasteiger partial charge in [-0.15, -0.1) is 0 Å². The average molecular weight is 569 g/mol. The molecule has 0 aliphatic heterocycles. The van der Waals surface area contributed by atoms with Gasteiger partial charge in [0.1, 0.15) is 0 Å². The first-order valence-electron chi connectivity index (χ1n) is 16.5.